The second kappa shape index (κ2) is 11.3. The van der Waals surface area contributed by atoms with Crippen molar-refractivity contribution in [3.63, 3.8) is 0 Å². The maximum absolute atomic E-state index is 13.3. The molecule has 2 rings (SSSR count). The van der Waals surface area contributed by atoms with Crippen molar-refractivity contribution in [1.82, 2.24) is 15.5 Å². The molecular formula is C18H28FIN4O. The van der Waals surface area contributed by atoms with Crippen LogP contribution in [0.4, 0.5) is 4.39 Å². The summed E-state index contributed by atoms with van der Waals surface area (Å²) >= 11 is 0. The number of nitrogens with one attached hydrogen (secondary N) is 2. The number of guanidine groups is 1. The molecule has 1 aliphatic carbocycles. The number of amides is 1. The van der Waals surface area contributed by atoms with Crippen molar-refractivity contribution in [2.75, 3.05) is 20.6 Å². The summed E-state index contributed by atoms with van der Waals surface area (Å²) in [5.41, 5.74) is 0.854. The van der Waals surface area contributed by atoms with Gasteiger partial charge < -0.3 is 15.5 Å². The number of nitrogens with zero attached hydrogens (tertiary/aromatic N) is 2. The summed E-state index contributed by atoms with van der Waals surface area (Å²) in [5, 5.41) is 6.13. The van der Waals surface area contributed by atoms with Gasteiger partial charge >= 0.3 is 0 Å². The highest BCUT2D eigenvalue weighted by Crippen LogP contribution is 2.17. The number of hydrogen-bond donors (Lipinski definition) is 2. The van der Waals surface area contributed by atoms with Gasteiger partial charge in [-0.3, -0.25) is 9.79 Å². The van der Waals surface area contributed by atoms with Crippen LogP contribution in [0.2, 0.25) is 0 Å². The summed E-state index contributed by atoms with van der Waals surface area (Å²) in [4.78, 5) is 18.1. The average Bonchev–Trinajstić information content (AvgIpc) is 2.56. The van der Waals surface area contributed by atoms with Gasteiger partial charge in [-0.25, -0.2) is 4.39 Å². The third kappa shape index (κ3) is 7.58. The zero-order valence-corrected chi connectivity index (χ0v) is 17.3. The summed E-state index contributed by atoms with van der Waals surface area (Å²) in [5.74, 6) is 0.343. The number of hydrogen-bond acceptors (Lipinski definition) is 2. The Balaban J connectivity index is 0.00000312. The Morgan fingerprint density at radius 3 is 2.68 bits per heavy atom. The topological polar surface area (TPSA) is 56.7 Å². The SMILES string of the molecule is CN=C(NCC(=O)NC1CCCCC1)N(C)Cc1cccc(F)c1.I. The van der Waals surface area contributed by atoms with Crippen molar-refractivity contribution in [2.24, 2.45) is 4.99 Å². The molecule has 1 saturated carbocycles. The van der Waals surface area contributed by atoms with E-state index in [1.807, 2.05) is 18.0 Å². The molecule has 5 nitrogen and oxygen atoms in total. The molecule has 0 heterocycles. The monoisotopic (exact) mass is 462 g/mol. The molecule has 1 aromatic carbocycles. The maximum atomic E-state index is 13.3. The van der Waals surface area contributed by atoms with Crippen LogP contribution in [0.1, 0.15) is 37.7 Å². The van der Waals surface area contributed by atoms with Gasteiger partial charge in [-0.2, -0.15) is 0 Å². The minimum Gasteiger partial charge on any atom is -0.352 e. The van der Waals surface area contributed by atoms with Crippen LogP contribution in [0.5, 0.6) is 0 Å². The molecule has 1 fully saturated rings. The van der Waals surface area contributed by atoms with Gasteiger partial charge in [0, 0.05) is 26.7 Å². The van der Waals surface area contributed by atoms with E-state index in [1.54, 1.807) is 13.1 Å². The standard InChI is InChI=1S/C18H27FN4O.HI/c1-20-18(23(2)13-14-7-6-8-15(19)11-14)21-12-17(24)22-16-9-4-3-5-10-16;/h6-8,11,16H,3-5,9-10,12-13H2,1-2H3,(H,20,21)(H,22,24);1H. The second-order valence-corrected chi connectivity index (χ2v) is 6.29. The van der Waals surface area contributed by atoms with Crippen LogP contribution < -0.4 is 10.6 Å². The van der Waals surface area contributed by atoms with Gasteiger partial charge in [0.15, 0.2) is 5.96 Å². The first-order valence-corrected chi connectivity index (χ1v) is 8.54. The molecule has 0 unspecified atom stereocenters. The summed E-state index contributed by atoms with van der Waals surface area (Å²) < 4.78 is 13.3. The molecule has 140 valence electrons. The predicted octanol–water partition coefficient (Wildman–Crippen LogP) is 2.90. The molecule has 2 N–H and O–H groups in total. The lowest BCUT2D eigenvalue weighted by Gasteiger charge is -2.24. The van der Waals surface area contributed by atoms with Crippen LogP contribution in [0.15, 0.2) is 29.3 Å². The summed E-state index contributed by atoms with van der Waals surface area (Å²) in [6.07, 6.45) is 5.79. The molecule has 0 atom stereocenters. The molecule has 0 aliphatic heterocycles. The number of rotatable bonds is 5. The first-order chi connectivity index (χ1) is 11.6. The van der Waals surface area contributed by atoms with E-state index in [9.17, 15) is 9.18 Å². The smallest absolute Gasteiger partial charge is 0.239 e. The highest BCUT2D eigenvalue weighted by molar-refractivity contribution is 14.0. The lowest BCUT2D eigenvalue weighted by molar-refractivity contribution is -0.120. The Hall–Kier alpha value is -1.38. The van der Waals surface area contributed by atoms with Crippen LogP contribution in [0, 0.1) is 5.82 Å². The Morgan fingerprint density at radius 2 is 2.04 bits per heavy atom. The number of benzene rings is 1. The van der Waals surface area contributed by atoms with Crippen molar-refractivity contribution in [3.05, 3.63) is 35.6 Å². The van der Waals surface area contributed by atoms with E-state index in [0.717, 1.165) is 18.4 Å². The predicted molar refractivity (Wildman–Crippen MR) is 110 cm³/mol. The van der Waals surface area contributed by atoms with Crippen molar-refractivity contribution in [2.45, 2.75) is 44.7 Å². The normalized spacial score (nSPS) is 15.2. The molecule has 0 aromatic heterocycles. The minimum atomic E-state index is -0.254. The number of aliphatic imine (C=N–C) groups is 1. The number of carbonyl (C=O) groups excluding carboxylic acids is 1. The fraction of sp³-hybridized carbons (Fsp3) is 0.556. The molecule has 0 radical (unpaired) electrons. The van der Waals surface area contributed by atoms with Crippen LogP contribution in [-0.4, -0.2) is 43.4 Å². The fourth-order valence-corrected chi connectivity index (χ4v) is 3.05. The number of halogens is 2. The van der Waals surface area contributed by atoms with E-state index in [-0.39, 0.29) is 42.2 Å². The first-order valence-electron chi connectivity index (χ1n) is 8.54. The molecule has 1 amide bonds. The van der Waals surface area contributed by atoms with E-state index in [2.05, 4.69) is 15.6 Å². The highest BCUT2D eigenvalue weighted by Gasteiger charge is 2.16. The molecule has 25 heavy (non-hydrogen) atoms. The Morgan fingerprint density at radius 1 is 1.32 bits per heavy atom. The van der Waals surface area contributed by atoms with Gasteiger partial charge in [0.2, 0.25) is 5.91 Å². The van der Waals surface area contributed by atoms with Crippen molar-refractivity contribution in [3.8, 4) is 0 Å². The van der Waals surface area contributed by atoms with E-state index < -0.39 is 0 Å². The van der Waals surface area contributed by atoms with Crippen molar-refractivity contribution in [1.29, 1.82) is 0 Å². The molecule has 1 aromatic rings. The lowest BCUT2D eigenvalue weighted by Crippen LogP contribution is -2.46. The van der Waals surface area contributed by atoms with Gasteiger partial charge in [-0.1, -0.05) is 31.4 Å². The highest BCUT2D eigenvalue weighted by atomic mass is 127. The van der Waals surface area contributed by atoms with Gasteiger partial charge in [-0.15, -0.1) is 24.0 Å². The third-order valence-corrected chi connectivity index (χ3v) is 4.26. The summed E-state index contributed by atoms with van der Waals surface area (Å²) in [7, 11) is 3.53. The Bertz CT molecular complexity index is 576. The maximum Gasteiger partial charge on any atom is 0.239 e. The van der Waals surface area contributed by atoms with Crippen LogP contribution >= 0.6 is 24.0 Å². The largest absolute Gasteiger partial charge is 0.352 e. The second-order valence-electron chi connectivity index (χ2n) is 6.29. The fourth-order valence-electron chi connectivity index (χ4n) is 3.05. The Labute approximate surface area is 166 Å². The molecular weight excluding hydrogens is 434 g/mol. The van der Waals surface area contributed by atoms with Gasteiger partial charge in [0.05, 0.1) is 6.54 Å². The van der Waals surface area contributed by atoms with E-state index in [4.69, 9.17) is 0 Å². The van der Waals surface area contributed by atoms with Gasteiger partial charge in [0.25, 0.3) is 0 Å². The molecule has 1 aliphatic rings. The molecule has 7 heteroatoms. The summed E-state index contributed by atoms with van der Waals surface area (Å²) in [6, 6.07) is 6.78. The molecule has 0 spiro atoms. The van der Waals surface area contributed by atoms with E-state index in [1.165, 1.54) is 31.4 Å². The van der Waals surface area contributed by atoms with Gasteiger partial charge in [0.1, 0.15) is 5.82 Å². The van der Waals surface area contributed by atoms with Crippen molar-refractivity contribution < 1.29 is 9.18 Å². The average molecular weight is 462 g/mol. The molecule has 0 saturated heterocycles. The lowest BCUT2D eigenvalue weighted by atomic mass is 9.95. The molecule has 0 bridgehead atoms. The van der Waals surface area contributed by atoms with Crippen molar-refractivity contribution >= 4 is 35.8 Å². The first kappa shape index (κ1) is 21.7. The summed E-state index contributed by atoms with van der Waals surface area (Å²) in [6.45, 7) is 0.707. The van der Waals surface area contributed by atoms with Crippen LogP contribution in [0.25, 0.3) is 0 Å². The quantitative estimate of drug-likeness (QED) is 0.402. The third-order valence-electron chi connectivity index (χ3n) is 4.26. The van der Waals surface area contributed by atoms with Gasteiger partial charge in [-0.05, 0) is 30.5 Å². The number of carbonyl (C=O) groups is 1. The zero-order chi connectivity index (χ0) is 17.4. The van der Waals surface area contributed by atoms with Crippen LogP contribution in [0.3, 0.4) is 0 Å². The van der Waals surface area contributed by atoms with Crippen LogP contribution in [-0.2, 0) is 11.3 Å². The van der Waals surface area contributed by atoms with E-state index >= 15 is 0 Å². The Kier molecular flexibility index (Phi) is 9.77. The van der Waals surface area contributed by atoms with E-state index in [0.29, 0.717) is 18.5 Å². The zero-order valence-electron chi connectivity index (χ0n) is 14.9. The minimum absolute atomic E-state index is 0.